The zero-order valence-electron chi connectivity index (χ0n) is 8.62. The number of aliphatic hydroxyl groups is 1. The second kappa shape index (κ2) is 7.81. The molecule has 6 nitrogen and oxygen atoms in total. The number of alkyl carbamates (subject to hydrolysis) is 1. The van der Waals surface area contributed by atoms with Gasteiger partial charge in [0.25, 0.3) is 0 Å². The first-order chi connectivity index (χ1) is 7.07. The van der Waals surface area contributed by atoms with E-state index in [9.17, 15) is 9.59 Å². The van der Waals surface area contributed by atoms with Gasteiger partial charge in [0, 0.05) is 5.57 Å². The summed E-state index contributed by atoms with van der Waals surface area (Å²) in [5.41, 5.74) is 0.304. The summed E-state index contributed by atoms with van der Waals surface area (Å²) in [6.45, 7) is 4.86. The SMILES string of the molecule is C=C(C)C(=O)OCCNC(=O)OCCO. The molecule has 86 valence electrons. The second-order valence-electron chi connectivity index (χ2n) is 2.70. The van der Waals surface area contributed by atoms with E-state index in [0.29, 0.717) is 5.57 Å². The fourth-order valence-corrected chi connectivity index (χ4v) is 0.609. The first-order valence-electron chi connectivity index (χ1n) is 4.42. The van der Waals surface area contributed by atoms with Crippen molar-refractivity contribution in [3.05, 3.63) is 12.2 Å². The van der Waals surface area contributed by atoms with Gasteiger partial charge >= 0.3 is 12.1 Å². The predicted octanol–water partition coefficient (Wildman–Crippen LogP) is -0.176. The molecule has 0 aromatic carbocycles. The number of ether oxygens (including phenoxy) is 2. The lowest BCUT2D eigenvalue weighted by Gasteiger charge is -2.06. The van der Waals surface area contributed by atoms with Crippen LogP contribution in [0, 0.1) is 0 Å². The van der Waals surface area contributed by atoms with Crippen LogP contribution in [-0.4, -0.2) is 43.5 Å². The number of hydrogen-bond acceptors (Lipinski definition) is 5. The number of rotatable bonds is 6. The number of carbonyl (C=O) groups is 2. The third-order valence-electron chi connectivity index (χ3n) is 1.28. The summed E-state index contributed by atoms with van der Waals surface area (Å²) in [6.07, 6.45) is -0.657. The van der Waals surface area contributed by atoms with E-state index in [1.54, 1.807) is 0 Å². The average Bonchev–Trinajstić information content (AvgIpc) is 2.20. The quantitative estimate of drug-likeness (QED) is 0.366. The van der Waals surface area contributed by atoms with Crippen LogP contribution < -0.4 is 5.32 Å². The van der Waals surface area contributed by atoms with E-state index in [1.165, 1.54) is 6.92 Å². The molecule has 0 bridgehead atoms. The van der Waals surface area contributed by atoms with Crippen LogP contribution in [0.4, 0.5) is 4.79 Å². The summed E-state index contributed by atoms with van der Waals surface area (Å²) in [6, 6.07) is 0. The Labute approximate surface area is 87.9 Å². The van der Waals surface area contributed by atoms with Crippen molar-refractivity contribution in [2.24, 2.45) is 0 Å². The van der Waals surface area contributed by atoms with Crippen molar-refractivity contribution in [1.82, 2.24) is 5.32 Å². The van der Waals surface area contributed by atoms with Gasteiger partial charge < -0.3 is 19.9 Å². The van der Waals surface area contributed by atoms with Crippen LogP contribution in [0.15, 0.2) is 12.2 Å². The van der Waals surface area contributed by atoms with Crippen LogP contribution in [0.3, 0.4) is 0 Å². The molecule has 0 rings (SSSR count). The second-order valence-corrected chi connectivity index (χ2v) is 2.70. The van der Waals surface area contributed by atoms with Crippen molar-refractivity contribution < 1.29 is 24.2 Å². The van der Waals surface area contributed by atoms with Gasteiger partial charge in [-0.2, -0.15) is 0 Å². The van der Waals surface area contributed by atoms with Crippen molar-refractivity contribution in [2.75, 3.05) is 26.4 Å². The maximum absolute atomic E-state index is 10.9. The lowest BCUT2D eigenvalue weighted by atomic mass is 10.4. The highest BCUT2D eigenvalue weighted by Gasteiger charge is 2.03. The average molecular weight is 217 g/mol. The molecule has 2 N–H and O–H groups in total. The Morgan fingerprint density at radius 1 is 1.33 bits per heavy atom. The molecule has 0 aromatic heterocycles. The zero-order chi connectivity index (χ0) is 11.7. The van der Waals surface area contributed by atoms with Crippen LogP contribution in [0.25, 0.3) is 0 Å². The highest BCUT2D eigenvalue weighted by atomic mass is 16.6. The number of esters is 1. The highest BCUT2D eigenvalue weighted by molar-refractivity contribution is 5.86. The number of aliphatic hydroxyl groups excluding tert-OH is 1. The molecule has 0 saturated heterocycles. The molecule has 0 aromatic rings. The van der Waals surface area contributed by atoms with Crippen molar-refractivity contribution in [2.45, 2.75) is 6.92 Å². The molecule has 0 aliphatic heterocycles. The first-order valence-corrected chi connectivity index (χ1v) is 4.42. The van der Waals surface area contributed by atoms with E-state index in [1.807, 2.05) is 0 Å². The van der Waals surface area contributed by atoms with Crippen LogP contribution in [0.2, 0.25) is 0 Å². The Morgan fingerprint density at radius 3 is 2.53 bits per heavy atom. The monoisotopic (exact) mass is 217 g/mol. The van der Waals surface area contributed by atoms with Crippen molar-refractivity contribution in [1.29, 1.82) is 0 Å². The first kappa shape index (κ1) is 13.4. The van der Waals surface area contributed by atoms with Gasteiger partial charge in [-0.25, -0.2) is 9.59 Å². The van der Waals surface area contributed by atoms with E-state index in [0.717, 1.165) is 0 Å². The number of hydrogen-bond donors (Lipinski definition) is 2. The van der Waals surface area contributed by atoms with E-state index >= 15 is 0 Å². The van der Waals surface area contributed by atoms with E-state index < -0.39 is 12.1 Å². The molecule has 0 spiro atoms. The largest absolute Gasteiger partial charge is 0.460 e. The Morgan fingerprint density at radius 2 is 2.00 bits per heavy atom. The fraction of sp³-hybridized carbons (Fsp3) is 0.556. The summed E-state index contributed by atoms with van der Waals surface area (Å²) in [5.74, 6) is -0.500. The Balaban J connectivity index is 3.42. The van der Waals surface area contributed by atoms with Gasteiger partial charge in [0.1, 0.15) is 13.2 Å². The summed E-state index contributed by atoms with van der Waals surface area (Å²) < 4.78 is 9.19. The molecule has 0 aliphatic carbocycles. The molecule has 1 amide bonds. The zero-order valence-corrected chi connectivity index (χ0v) is 8.62. The van der Waals surface area contributed by atoms with Crippen molar-refractivity contribution in [3.63, 3.8) is 0 Å². The van der Waals surface area contributed by atoms with E-state index in [-0.39, 0.29) is 26.4 Å². The maximum Gasteiger partial charge on any atom is 0.407 e. The standard InChI is InChI=1S/C9H15NO5/c1-7(2)8(12)14-5-3-10-9(13)15-6-4-11/h11H,1,3-6H2,2H3,(H,10,13). The van der Waals surface area contributed by atoms with Crippen molar-refractivity contribution >= 4 is 12.1 Å². The Bertz CT molecular complexity index is 239. The minimum atomic E-state index is -0.657. The van der Waals surface area contributed by atoms with Gasteiger partial charge in [-0.3, -0.25) is 0 Å². The molecule has 0 unspecified atom stereocenters. The molecule has 6 heteroatoms. The fourth-order valence-electron chi connectivity index (χ4n) is 0.609. The van der Waals surface area contributed by atoms with Gasteiger partial charge in [0.05, 0.1) is 13.2 Å². The van der Waals surface area contributed by atoms with E-state index in [2.05, 4.69) is 16.6 Å². The van der Waals surface area contributed by atoms with Crippen LogP contribution in [-0.2, 0) is 14.3 Å². The third kappa shape index (κ3) is 7.51. The normalized spacial score (nSPS) is 9.20. The molecular formula is C9H15NO5. The van der Waals surface area contributed by atoms with Crippen LogP contribution in [0.1, 0.15) is 6.92 Å². The molecule has 0 aliphatic rings. The van der Waals surface area contributed by atoms with Crippen LogP contribution in [0.5, 0.6) is 0 Å². The lowest BCUT2D eigenvalue weighted by molar-refractivity contribution is -0.138. The van der Waals surface area contributed by atoms with Gasteiger partial charge in [-0.1, -0.05) is 6.58 Å². The third-order valence-corrected chi connectivity index (χ3v) is 1.28. The lowest BCUT2D eigenvalue weighted by Crippen LogP contribution is -2.29. The minimum Gasteiger partial charge on any atom is -0.460 e. The van der Waals surface area contributed by atoms with E-state index in [4.69, 9.17) is 9.84 Å². The molecule has 0 radical (unpaired) electrons. The summed E-state index contributed by atoms with van der Waals surface area (Å²) in [7, 11) is 0. The summed E-state index contributed by atoms with van der Waals surface area (Å²) >= 11 is 0. The minimum absolute atomic E-state index is 0.0555. The van der Waals surface area contributed by atoms with Gasteiger partial charge in [-0.05, 0) is 6.92 Å². The molecular weight excluding hydrogens is 202 g/mol. The topological polar surface area (TPSA) is 84.9 Å². The molecule has 15 heavy (non-hydrogen) atoms. The molecule has 0 atom stereocenters. The molecule has 0 fully saturated rings. The smallest absolute Gasteiger partial charge is 0.407 e. The van der Waals surface area contributed by atoms with Crippen LogP contribution >= 0.6 is 0 Å². The number of carbonyl (C=O) groups excluding carboxylic acids is 2. The van der Waals surface area contributed by atoms with Gasteiger partial charge in [0.2, 0.25) is 0 Å². The summed E-state index contributed by atoms with van der Waals surface area (Å²) in [5, 5.41) is 10.7. The van der Waals surface area contributed by atoms with Gasteiger partial charge in [-0.15, -0.1) is 0 Å². The van der Waals surface area contributed by atoms with Crippen molar-refractivity contribution in [3.8, 4) is 0 Å². The molecule has 0 saturated carbocycles. The molecule has 0 heterocycles. The summed E-state index contributed by atoms with van der Waals surface area (Å²) in [4.78, 5) is 21.6. The predicted molar refractivity (Wildman–Crippen MR) is 52.2 cm³/mol. The number of nitrogens with one attached hydrogen (secondary N) is 1. The Hall–Kier alpha value is -1.56. The maximum atomic E-state index is 10.9. The number of amides is 1. The highest BCUT2D eigenvalue weighted by Crippen LogP contribution is 1.90. The Kier molecular flexibility index (Phi) is 7.00. The van der Waals surface area contributed by atoms with Gasteiger partial charge in [0.15, 0.2) is 0 Å².